The van der Waals surface area contributed by atoms with Crippen LogP contribution in [0.25, 0.3) is 0 Å². The summed E-state index contributed by atoms with van der Waals surface area (Å²) in [4.78, 5) is 12.3. The summed E-state index contributed by atoms with van der Waals surface area (Å²) in [6.45, 7) is 1.67. The van der Waals surface area contributed by atoms with Crippen LogP contribution in [0.2, 0.25) is 0 Å². The van der Waals surface area contributed by atoms with Crippen molar-refractivity contribution in [2.75, 3.05) is 13.1 Å². The summed E-state index contributed by atoms with van der Waals surface area (Å²) < 4.78 is 0. The summed E-state index contributed by atoms with van der Waals surface area (Å²) in [7, 11) is 0. The van der Waals surface area contributed by atoms with Gasteiger partial charge in [-0.15, -0.1) is 0 Å². The summed E-state index contributed by atoms with van der Waals surface area (Å²) in [5.41, 5.74) is 0. The molecule has 0 radical (unpaired) electrons. The molecule has 11 heavy (non-hydrogen) atoms. The second-order valence-electron chi connectivity index (χ2n) is 3.23. The zero-order chi connectivity index (χ0) is 7.84. The second kappa shape index (κ2) is 2.37. The van der Waals surface area contributed by atoms with Crippen LogP contribution in [0, 0.1) is 0 Å². The van der Waals surface area contributed by atoms with Crippen LogP contribution in [0.4, 0.5) is 4.79 Å². The molecule has 0 aromatic heterocycles. The van der Waals surface area contributed by atoms with Gasteiger partial charge in [0.05, 0.1) is 0 Å². The molecule has 2 saturated heterocycles. The molecule has 2 rings (SSSR count). The van der Waals surface area contributed by atoms with Crippen LogP contribution >= 0.6 is 0 Å². The Morgan fingerprint density at radius 1 is 1.36 bits per heavy atom. The van der Waals surface area contributed by atoms with Gasteiger partial charge in [0.2, 0.25) is 0 Å². The maximum Gasteiger partial charge on any atom is 0.407 e. The molecule has 1 unspecified atom stereocenters. The summed E-state index contributed by atoms with van der Waals surface area (Å²) in [6.07, 6.45) is 1.31. The standard InChI is InChI=1S/C7H12N2O2/c10-7(11)9-5-1-2-6(9)4-8-3-5/h5-6,8H,1-4H2,(H,10,11)/t5-,6?/m1/s1. The van der Waals surface area contributed by atoms with Gasteiger partial charge in [0.25, 0.3) is 0 Å². The number of hydrogen-bond acceptors (Lipinski definition) is 2. The topological polar surface area (TPSA) is 52.6 Å². The van der Waals surface area contributed by atoms with E-state index in [0.29, 0.717) is 0 Å². The predicted octanol–water partition coefficient (Wildman–Crippen LogP) is 0.101. The van der Waals surface area contributed by atoms with E-state index in [2.05, 4.69) is 5.32 Å². The van der Waals surface area contributed by atoms with Crippen molar-refractivity contribution >= 4 is 6.09 Å². The molecule has 2 aliphatic heterocycles. The number of carboxylic acid groups (broad SMARTS) is 1. The van der Waals surface area contributed by atoms with Crippen LogP contribution in [-0.2, 0) is 0 Å². The maximum absolute atomic E-state index is 10.7. The van der Waals surface area contributed by atoms with Crippen molar-refractivity contribution in [2.45, 2.75) is 24.9 Å². The number of nitrogens with one attached hydrogen (secondary N) is 1. The van der Waals surface area contributed by atoms with Crippen molar-refractivity contribution in [3.63, 3.8) is 0 Å². The third-order valence-electron chi connectivity index (χ3n) is 2.60. The molecule has 0 aromatic carbocycles. The Morgan fingerprint density at radius 2 is 1.91 bits per heavy atom. The van der Waals surface area contributed by atoms with Gasteiger partial charge in [-0.1, -0.05) is 0 Å². The van der Waals surface area contributed by atoms with Gasteiger partial charge in [-0.25, -0.2) is 4.79 Å². The molecule has 1 amide bonds. The highest BCUT2D eigenvalue weighted by Gasteiger charge is 2.39. The number of hydrogen-bond donors (Lipinski definition) is 2. The first-order valence-corrected chi connectivity index (χ1v) is 4.01. The van der Waals surface area contributed by atoms with Crippen LogP contribution in [0.15, 0.2) is 0 Å². The average Bonchev–Trinajstić information content (AvgIpc) is 2.23. The van der Waals surface area contributed by atoms with E-state index in [1.54, 1.807) is 4.90 Å². The highest BCUT2D eigenvalue weighted by Crippen LogP contribution is 2.25. The lowest BCUT2D eigenvalue weighted by atomic mass is 10.2. The van der Waals surface area contributed by atoms with Crippen molar-refractivity contribution in [1.82, 2.24) is 10.2 Å². The van der Waals surface area contributed by atoms with E-state index in [-0.39, 0.29) is 12.1 Å². The number of carbonyl (C=O) groups is 1. The van der Waals surface area contributed by atoms with Crippen molar-refractivity contribution in [3.8, 4) is 0 Å². The van der Waals surface area contributed by atoms with Crippen molar-refractivity contribution in [2.24, 2.45) is 0 Å². The molecule has 0 aliphatic carbocycles. The number of rotatable bonds is 0. The molecular weight excluding hydrogens is 144 g/mol. The van der Waals surface area contributed by atoms with Crippen LogP contribution in [-0.4, -0.2) is 41.3 Å². The third kappa shape index (κ3) is 0.976. The van der Waals surface area contributed by atoms with Gasteiger partial charge in [0.15, 0.2) is 0 Å². The number of amides is 1. The second-order valence-corrected chi connectivity index (χ2v) is 3.23. The lowest BCUT2D eigenvalue weighted by Crippen LogP contribution is -2.53. The highest BCUT2D eigenvalue weighted by atomic mass is 16.4. The van der Waals surface area contributed by atoms with Crippen LogP contribution in [0.5, 0.6) is 0 Å². The first-order valence-electron chi connectivity index (χ1n) is 4.01. The predicted molar refractivity (Wildman–Crippen MR) is 39.5 cm³/mol. The molecule has 0 saturated carbocycles. The van der Waals surface area contributed by atoms with Gasteiger partial charge in [-0.05, 0) is 12.8 Å². The van der Waals surface area contributed by atoms with Crippen molar-refractivity contribution in [3.05, 3.63) is 0 Å². The minimum atomic E-state index is -0.751. The van der Waals surface area contributed by atoms with Gasteiger partial charge in [-0.3, -0.25) is 4.90 Å². The lowest BCUT2D eigenvalue weighted by molar-refractivity contribution is 0.109. The average molecular weight is 156 g/mol. The van der Waals surface area contributed by atoms with E-state index in [9.17, 15) is 4.79 Å². The Morgan fingerprint density at radius 3 is 2.27 bits per heavy atom. The fourth-order valence-corrected chi connectivity index (χ4v) is 2.09. The maximum atomic E-state index is 10.7. The fraction of sp³-hybridized carbons (Fsp3) is 0.857. The van der Waals surface area contributed by atoms with E-state index >= 15 is 0 Å². The molecular formula is C7H12N2O2. The molecule has 2 aliphatic rings. The van der Waals surface area contributed by atoms with Gasteiger partial charge >= 0.3 is 6.09 Å². The molecule has 2 bridgehead atoms. The summed E-state index contributed by atoms with van der Waals surface area (Å²) in [5.74, 6) is 0. The molecule has 4 heteroatoms. The monoisotopic (exact) mass is 156 g/mol. The third-order valence-corrected chi connectivity index (χ3v) is 2.60. The fourth-order valence-electron chi connectivity index (χ4n) is 2.09. The summed E-state index contributed by atoms with van der Waals surface area (Å²) in [5, 5.41) is 12.0. The Kier molecular flexibility index (Phi) is 1.49. The quantitative estimate of drug-likeness (QED) is 0.523. The molecule has 2 fully saturated rings. The first-order chi connectivity index (χ1) is 5.29. The van der Waals surface area contributed by atoms with Crippen molar-refractivity contribution < 1.29 is 9.90 Å². The number of piperazine rings is 1. The molecule has 62 valence electrons. The highest BCUT2D eigenvalue weighted by molar-refractivity contribution is 5.66. The molecule has 4 nitrogen and oxygen atoms in total. The molecule has 0 aromatic rings. The number of nitrogens with zero attached hydrogens (tertiary/aromatic N) is 1. The first kappa shape index (κ1) is 6.91. The van der Waals surface area contributed by atoms with Crippen LogP contribution in [0.3, 0.4) is 0 Å². The van der Waals surface area contributed by atoms with E-state index in [4.69, 9.17) is 5.11 Å². The Labute approximate surface area is 65.2 Å². The minimum absolute atomic E-state index is 0.242. The lowest BCUT2D eigenvalue weighted by Gasteiger charge is -2.32. The summed E-state index contributed by atoms with van der Waals surface area (Å²) >= 11 is 0. The van der Waals surface area contributed by atoms with Gasteiger partial charge in [-0.2, -0.15) is 0 Å². The van der Waals surface area contributed by atoms with Gasteiger partial charge in [0.1, 0.15) is 0 Å². The van der Waals surface area contributed by atoms with Crippen LogP contribution in [0.1, 0.15) is 12.8 Å². The normalized spacial score (nSPS) is 35.8. The van der Waals surface area contributed by atoms with E-state index in [1.165, 1.54) is 0 Å². The van der Waals surface area contributed by atoms with E-state index in [1.807, 2.05) is 0 Å². The number of fused-ring (bicyclic) bond motifs is 2. The molecule has 0 spiro atoms. The van der Waals surface area contributed by atoms with Crippen LogP contribution < -0.4 is 5.32 Å². The van der Waals surface area contributed by atoms with E-state index in [0.717, 1.165) is 25.9 Å². The van der Waals surface area contributed by atoms with E-state index < -0.39 is 6.09 Å². The zero-order valence-corrected chi connectivity index (χ0v) is 6.29. The van der Waals surface area contributed by atoms with Gasteiger partial charge < -0.3 is 10.4 Å². The largest absolute Gasteiger partial charge is 0.465 e. The minimum Gasteiger partial charge on any atom is -0.465 e. The Bertz CT molecular complexity index is 167. The molecule has 2 heterocycles. The summed E-state index contributed by atoms with van der Waals surface area (Å²) in [6, 6.07) is 0.484. The Balaban J connectivity index is 2.15. The zero-order valence-electron chi connectivity index (χ0n) is 6.29. The SMILES string of the molecule is O=C(O)N1C2CC[C@@H]1CNC2. The van der Waals surface area contributed by atoms with Crippen molar-refractivity contribution in [1.29, 1.82) is 0 Å². The van der Waals surface area contributed by atoms with Gasteiger partial charge in [0, 0.05) is 25.2 Å². The molecule has 2 atom stereocenters. The molecule has 2 N–H and O–H groups in total. The Hall–Kier alpha value is -0.770. The smallest absolute Gasteiger partial charge is 0.407 e.